The van der Waals surface area contributed by atoms with Crippen molar-refractivity contribution in [1.29, 1.82) is 0 Å². The van der Waals surface area contributed by atoms with Gasteiger partial charge in [-0.2, -0.15) is 0 Å². The molecule has 0 spiro atoms. The number of aliphatic imine (C=N–C) groups is 1. The third-order valence-electron chi connectivity index (χ3n) is 6.02. The maximum atomic E-state index is 11.9. The lowest BCUT2D eigenvalue weighted by Gasteiger charge is -2.38. The van der Waals surface area contributed by atoms with Gasteiger partial charge in [-0.15, -0.1) is 0 Å². The highest BCUT2D eigenvalue weighted by Crippen LogP contribution is 2.35. The number of carbonyl (C=O) groups excluding carboxylic acids is 1. The molecular weight excluding hydrogens is 352 g/mol. The summed E-state index contributed by atoms with van der Waals surface area (Å²) < 4.78 is 0. The van der Waals surface area contributed by atoms with Gasteiger partial charge in [-0.1, -0.05) is 31.9 Å². The molecule has 1 saturated heterocycles. The van der Waals surface area contributed by atoms with E-state index in [-0.39, 0.29) is 17.4 Å². The Labute approximate surface area is 168 Å². The van der Waals surface area contributed by atoms with Crippen LogP contribution in [0.25, 0.3) is 0 Å². The fourth-order valence-electron chi connectivity index (χ4n) is 4.09. The molecule has 6 nitrogen and oxygen atoms in total. The zero-order chi connectivity index (χ0) is 20.0. The van der Waals surface area contributed by atoms with Gasteiger partial charge in [-0.05, 0) is 43.9 Å². The van der Waals surface area contributed by atoms with E-state index in [1.807, 2.05) is 29.2 Å². The van der Waals surface area contributed by atoms with Crippen LogP contribution in [0.2, 0.25) is 0 Å². The highest BCUT2D eigenvalue weighted by Gasteiger charge is 2.35. The first-order chi connectivity index (χ1) is 13.5. The minimum atomic E-state index is -0.252. The first-order valence-corrected chi connectivity index (χ1v) is 10.6. The lowest BCUT2D eigenvalue weighted by Crippen LogP contribution is -2.48. The average molecular weight is 387 g/mol. The Morgan fingerprint density at radius 1 is 1.25 bits per heavy atom. The van der Waals surface area contributed by atoms with E-state index in [1.165, 1.54) is 6.42 Å². The summed E-state index contributed by atoms with van der Waals surface area (Å²) in [6, 6.07) is 8.10. The van der Waals surface area contributed by atoms with Crippen LogP contribution in [-0.2, 0) is 11.3 Å². The fraction of sp³-hybridized carbons (Fsp3) is 0.636. The summed E-state index contributed by atoms with van der Waals surface area (Å²) in [5.41, 5.74) is 1.98. The summed E-state index contributed by atoms with van der Waals surface area (Å²) in [4.78, 5) is 18.4. The molecule has 2 aliphatic rings. The molecule has 2 atom stereocenters. The maximum Gasteiger partial charge on any atom is 0.227 e. The largest absolute Gasteiger partial charge is 0.392 e. The second-order valence-corrected chi connectivity index (χ2v) is 8.28. The van der Waals surface area contributed by atoms with Crippen LogP contribution in [0.15, 0.2) is 29.3 Å². The number of hydrogen-bond donors (Lipinski definition) is 3. The van der Waals surface area contributed by atoms with Gasteiger partial charge in [0.05, 0.1) is 12.6 Å². The minimum absolute atomic E-state index is 0.0989. The van der Waals surface area contributed by atoms with Gasteiger partial charge in [0.15, 0.2) is 5.96 Å². The molecule has 2 unspecified atom stereocenters. The van der Waals surface area contributed by atoms with E-state index in [0.717, 1.165) is 62.5 Å². The molecule has 3 N–H and O–H groups in total. The monoisotopic (exact) mass is 386 g/mol. The molecule has 154 valence electrons. The SMILES string of the molecule is CCNC(=NCc1ccc(N2CCCC2=O)cc1)NCC1(C)CCCCC1O. The van der Waals surface area contributed by atoms with Crippen LogP contribution >= 0.6 is 0 Å². The quantitative estimate of drug-likeness (QED) is 0.519. The van der Waals surface area contributed by atoms with Crippen LogP contribution in [0.1, 0.15) is 57.9 Å². The van der Waals surface area contributed by atoms with E-state index in [4.69, 9.17) is 4.99 Å². The van der Waals surface area contributed by atoms with E-state index in [2.05, 4.69) is 24.5 Å². The number of aliphatic hydroxyl groups is 1. The molecule has 6 heteroatoms. The Kier molecular flexibility index (Phi) is 6.94. The van der Waals surface area contributed by atoms with Crippen LogP contribution in [0.5, 0.6) is 0 Å². The van der Waals surface area contributed by atoms with Crippen molar-refractivity contribution in [2.75, 3.05) is 24.5 Å². The van der Waals surface area contributed by atoms with Crippen molar-refractivity contribution in [3.8, 4) is 0 Å². The van der Waals surface area contributed by atoms with E-state index in [9.17, 15) is 9.90 Å². The number of guanidine groups is 1. The number of anilines is 1. The Hall–Kier alpha value is -2.08. The highest BCUT2D eigenvalue weighted by molar-refractivity contribution is 5.95. The third kappa shape index (κ3) is 5.04. The van der Waals surface area contributed by atoms with Gasteiger partial charge in [-0.3, -0.25) is 4.79 Å². The molecule has 1 aliphatic carbocycles. The van der Waals surface area contributed by atoms with Gasteiger partial charge in [-0.25, -0.2) is 4.99 Å². The number of amides is 1. The molecule has 28 heavy (non-hydrogen) atoms. The van der Waals surface area contributed by atoms with E-state index < -0.39 is 0 Å². The van der Waals surface area contributed by atoms with Crippen molar-refractivity contribution in [2.24, 2.45) is 10.4 Å². The standard InChI is InChI=1S/C22H34N4O2/c1-3-23-21(25-16-22(2)13-5-4-7-19(22)27)24-15-17-9-11-18(12-10-17)26-14-6-8-20(26)28/h9-12,19,27H,3-8,13-16H2,1-2H3,(H2,23,24,25). The van der Waals surface area contributed by atoms with Crippen LogP contribution in [-0.4, -0.2) is 42.7 Å². The third-order valence-corrected chi connectivity index (χ3v) is 6.02. The molecule has 1 amide bonds. The van der Waals surface area contributed by atoms with E-state index in [1.54, 1.807) is 0 Å². The minimum Gasteiger partial charge on any atom is -0.392 e. The normalized spacial score (nSPS) is 25.8. The summed E-state index contributed by atoms with van der Waals surface area (Å²) in [5, 5.41) is 17.1. The van der Waals surface area contributed by atoms with Crippen molar-refractivity contribution in [3.05, 3.63) is 29.8 Å². The van der Waals surface area contributed by atoms with Gasteiger partial charge < -0.3 is 20.6 Å². The molecule has 2 fully saturated rings. The Balaban J connectivity index is 1.58. The Morgan fingerprint density at radius 2 is 2.04 bits per heavy atom. The van der Waals surface area contributed by atoms with Crippen molar-refractivity contribution < 1.29 is 9.90 Å². The maximum absolute atomic E-state index is 11.9. The summed E-state index contributed by atoms with van der Waals surface area (Å²) in [6.45, 7) is 7.11. The van der Waals surface area contributed by atoms with Gasteiger partial charge in [0, 0.05) is 37.2 Å². The van der Waals surface area contributed by atoms with Crippen LogP contribution in [0.3, 0.4) is 0 Å². The molecule has 1 saturated carbocycles. The predicted octanol–water partition coefficient (Wildman–Crippen LogP) is 2.81. The fourth-order valence-corrected chi connectivity index (χ4v) is 4.09. The number of rotatable bonds is 6. The van der Waals surface area contributed by atoms with Gasteiger partial charge in [0.25, 0.3) is 0 Å². The number of benzene rings is 1. The van der Waals surface area contributed by atoms with Crippen molar-refractivity contribution in [1.82, 2.24) is 10.6 Å². The van der Waals surface area contributed by atoms with E-state index in [0.29, 0.717) is 13.0 Å². The number of nitrogens with one attached hydrogen (secondary N) is 2. The number of nitrogens with zero attached hydrogens (tertiary/aromatic N) is 2. The molecule has 0 bridgehead atoms. The summed E-state index contributed by atoms with van der Waals surface area (Å²) >= 11 is 0. The average Bonchev–Trinajstić information content (AvgIpc) is 3.13. The molecule has 3 rings (SSSR count). The Bertz CT molecular complexity index is 688. The van der Waals surface area contributed by atoms with Crippen molar-refractivity contribution in [3.63, 3.8) is 0 Å². The number of aliphatic hydroxyl groups excluding tert-OH is 1. The van der Waals surface area contributed by atoms with Crippen LogP contribution in [0, 0.1) is 5.41 Å². The Morgan fingerprint density at radius 3 is 2.68 bits per heavy atom. The first kappa shape index (κ1) is 20.6. The first-order valence-electron chi connectivity index (χ1n) is 10.6. The molecule has 1 aromatic carbocycles. The predicted molar refractivity (Wildman–Crippen MR) is 113 cm³/mol. The van der Waals surface area contributed by atoms with Crippen LogP contribution < -0.4 is 15.5 Å². The molecule has 1 heterocycles. The second-order valence-electron chi connectivity index (χ2n) is 8.28. The van der Waals surface area contributed by atoms with Crippen molar-refractivity contribution >= 4 is 17.6 Å². The van der Waals surface area contributed by atoms with Gasteiger partial charge in [0.1, 0.15) is 0 Å². The molecular formula is C22H34N4O2. The lowest BCUT2D eigenvalue weighted by molar-refractivity contribution is -0.117. The topological polar surface area (TPSA) is 77.0 Å². The van der Waals surface area contributed by atoms with Crippen LogP contribution in [0.4, 0.5) is 5.69 Å². The molecule has 0 aromatic heterocycles. The highest BCUT2D eigenvalue weighted by atomic mass is 16.3. The summed E-state index contributed by atoms with van der Waals surface area (Å²) in [7, 11) is 0. The molecule has 1 aromatic rings. The summed E-state index contributed by atoms with van der Waals surface area (Å²) in [6.07, 6.45) is 5.55. The zero-order valence-electron chi connectivity index (χ0n) is 17.2. The van der Waals surface area contributed by atoms with Crippen molar-refractivity contribution in [2.45, 2.75) is 65.0 Å². The van der Waals surface area contributed by atoms with E-state index >= 15 is 0 Å². The second kappa shape index (κ2) is 9.41. The zero-order valence-corrected chi connectivity index (χ0v) is 17.2. The number of carbonyl (C=O) groups is 1. The number of hydrogen-bond acceptors (Lipinski definition) is 3. The molecule has 0 radical (unpaired) electrons. The molecule has 1 aliphatic heterocycles. The van der Waals surface area contributed by atoms with Gasteiger partial charge >= 0.3 is 0 Å². The lowest BCUT2D eigenvalue weighted by atomic mass is 9.73. The van der Waals surface area contributed by atoms with Gasteiger partial charge in [0.2, 0.25) is 5.91 Å². The smallest absolute Gasteiger partial charge is 0.227 e. The summed E-state index contributed by atoms with van der Waals surface area (Å²) in [5.74, 6) is 0.989.